The molecule has 1 saturated heterocycles. The summed E-state index contributed by atoms with van der Waals surface area (Å²) in [6.07, 6.45) is 4.04. The van der Waals surface area contributed by atoms with Crippen LogP contribution in [-0.4, -0.2) is 34.2 Å². The van der Waals surface area contributed by atoms with E-state index < -0.39 is 17.5 Å². The number of carbonyl (C=O) groups is 1. The molecule has 1 N–H and O–H groups in total. The summed E-state index contributed by atoms with van der Waals surface area (Å²) in [5.74, 6) is -1.92. The number of hydrogen-bond donors (Lipinski definition) is 1. The first-order chi connectivity index (χ1) is 14.3. The Hall–Kier alpha value is -3.13. The average Bonchev–Trinajstić information content (AvgIpc) is 2.67. The number of rotatable bonds is 4. The van der Waals surface area contributed by atoms with E-state index in [1.54, 1.807) is 12.1 Å². The molecule has 1 aliphatic rings. The molecule has 1 aromatic carbocycles. The molecule has 1 amide bonds. The minimum Gasteiger partial charge on any atom is -0.474 e. The van der Waals surface area contributed by atoms with Gasteiger partial charge in [0.1, 0.15) is 11.9 Å². The first-order valence-corrected chi connectivity index (χ1v) is 9.63. The number of anilines is 1. The molecule has 4 rings (SSSR count). The summed E-state index contributed by atoms with van der Waals surface area (Å²) in [6.45, 7) is 4.53. The maximum Gasteiger partial charge on any atom is 0.277 e. The number of hydrogen-bond acceptors (Lipinski definition) is 5. The molecule has 1 atom stereocenters. The lowest BCUT2D eigenvalue weighted by Gasteiger charge is -2.35. The molecular weight excluding hydrogens is 392 g/mol. The number of fused-ring (bicyclic) bond motifs is 1. The van der Waals surface area contributed by atoms with Crippen molar-refractivity contribution in [3.63, 3.8) is 0 Å². The van der Waals surface area contributed by atoms with Crippen molar-refractivity contribution in [2.24, 2.45) is 0 Å². The highest BCUT2D eigenvalue weighted by atomic mass is 19.1. The van der Waals surface area contributed by atoms with E-state index in [1.165, 1.54) is 18.5 Å². The van der Waals surface area contributed by atoms with Crippen LogP contribution < -0.4 is 10.1 Å². The minimum atomic E-state index is -0.762. The molecule has 6 nitrogen and oxygen atoms in total. The summed E-state index contributed by atoms with van der Waals surface area (Å²) in [5.41, 5.74) is -0.497. The van der Waals surface area contributed by atoms with Crippen LogP contribution >= 0.6 is 0 Å². The van der Waals surface area contributed by atoms with Gasteiger partial charge in [0.15, 0.2) is 11.5 Å². The molecule has 0 radical (unpaired) electrons. The molecule has 1 aliphatic heterocycles. The molecule has 2 aromatic heterocycles. The van der Waals surface area contributed by atoms with Crippen LogP contribution in [0.4, 0.5) is 14.5 Å². The van der Waals surface area contributed by atoms with Gasteiger partial charge in [0.2, 0.25) is 5.88 Å². The van der Waals surface area contributed by atoms with Crippen LogP contribution in [-0.2, 0) is 4.74 Å². The third kappa shape index (κ3) is 4.23. The van der Waals surface area contributed by atoms with E-state index in [1.807, 2.05) is 13.8 Å². The van der Waals surface area contributed by atoms with Crippen LogP contribution in [0.15, 0.2) is 42.7 Å². The quantitative estimate of drug-likeness (QED) is 0.682. The minimum absolute atomic E-state index is 0.141. The molecular formula is C22H21F2N3O3. The van der Waals surface area contributed by atoms with Crippen LogP contribution in [0.5, 0.6) is 5.88 Å². The SMILES string of the molecule is CC1(C)CC(Oc2nccc3cc(NC(=O)c4ncccc4F)cc(F)c23)CCO1. The van der Waals surface area contributed by atoms with Crippen molar-refractivity contribution in [3.8, 4) is 5.88 Å². The summed E-state index contributed by atoms with van der Waals surface area (Å²) in [5, 5.41) is 3.21. The lowest BCUT2D eigenvalue weighted by molar-refractivity contribution is -0.0901. The predicted molar refractivity (Wildman–Crippen MR) is 108 cm³/mol. The third-order valence-corrected chi connectivity index (χ3v) is 4.94. The topological polar surface area (TPSA) is 73.3 Å². The number of nitrogens with one attached hydrogen (secondary N) is 1. The number of nitrogens with zero attached hydrogens (tertiary/aromatic N) is 2. The van der Waals surface area contributed by atoms with Gasteiger partial charge < -0.3 is 14.8 Å². The second-order valence-electron chi connectivity index (χ2n) is 7.80. The normalized spacial score (nSPS) is 18.2. The Balaban J connectivity index is 1.60. The Labute approximate surface area is 172 Å². The van der Waals surface area contributed by atoms with Crippen LogP contribution in [0.2, 0.25) is 0 Å². The number of carbonyl (C=O) groups excluding carboxylic acids is 1. The second-order valence-corrected chi connectivity index (χ2v) is 7.80. The Morgan fingerprint density at radius 1 is 1.20 bits per heavy atom. The van der Waals surface area contributed by atoms with Gasteiger partial charge in [-0.1, -0.05) is 0 Å². The molecule has 0 aliphatic carbocycles. The summed E-state index contributed by atoms with van der Waals surface area (Å²) < 4.78 is 40.4. The molecule has 1 fully saturated rings. The summed E-state index contributed by atoms with van der Waals surface area (Å²) in [4.78, 5) is 20.2. The molecule has 0 saturated carbocycles. The zero-order valence-electron chi connectivity index (χ0n) is 16.6. The maximum atomic E-state index is 15.0. The van der Waals surface area contributed by atoms with Gasteiger partial charge in [-0.3, -0.25) is 4.79 Å². The van der Waals surface area contributed by atoms with E-state index in [2.05, 4.69) is 15.3 Å². The fourth-order valence-electron chi connectivity index (χ4n) is 3.57. The number of aromatic nitrogens is 2. The molecule has 0 spiro atoms. The van der Waals surface area contributed by atoms with Crippen LogP contribution in [0.25, 0.3) is 10.8 Å². The number of ether oxygens (including phenoxy) is 2. The average molecular weight is 413 g/mol. The smallest absolute Gasteiger partial charge is 0.277 e. The van der Waals surface area contributed by atoms with E-state index in [4.69, 9.17) is 9.47 Å². The van der Waals surface area contributed by atoms with Crippen molar-refractivity contribution in [3.05, 3.63) is 60.1 Å². The van der Waals surface area contributed by atoms with Gasteiger partial charge in [0, 0.05) is 30.9 Å². The Morgan fingerprint density at radius 2 is 2.03 bits per heavy atom. The highest BCUT2D eigenvalue weighted by Gasteiger charge is 2.31. The van der Waals surface area contributed by atoms with Crippen LogP contribution in [0.3, 0.4) is 0 Å². The zero-order chi connectivity index (χ0) is 21.3. The highest BCUT2D eigenvalue weighted by molar-refractivity contribution is 6.04. The van der Waals surface area contributed by atoms with Crippen molar-refractivity contribution >= 4 is 22.4 Å². The number of pyridine rings is 2. The van der Waals surface area contributed by atoms with Gasteiger partial charge in [-0.2, -0.15) is 0 Å². The maximum absolute atomic E-state index is 15.0. The van der Waals surface area contributed by atoms with Crippen LogP contribution in [0.1, 0.15) is 37.2 Å². The first-order valence-electron chi connectivity index (χ1n) is 9.63. The number of benzene rings is 1. The fourth-order valence-corrected chi connectivity index (χ4v) is 3.57. The second kappa shape index (κ2) is 7.95. The van der Waals surface area contributed by atoms with E-state index in [-0.39, 0.29) is 34.4 Å². The van der Waals surface area contributed by atoms with Crippen molar-refractivity contribution in [2.75, 3.05) is 11.9 Å². The van der Waals surface area contributed by atoms with Gasteiger partial charge in [0.05, 0.1) is 17.6 Å². The number of halogens is 2. The van der Waals surface area contributed by atoms with E-state index in [0.717, 1.165) is 12.1 Å². The highest BCUT2D eigenvalue weighted by Crippen LogP contribution is 2.33. The Bertz CT molecular complexity index is 1100. The molecule has 3 aromatic rings. The summed E-state index contributed by atoms with van der Waals surface area (Å²) in [6, 6.07) is 6.88. The molecule has 30 heavy (non-hydrogen) atoms. The van der Waals surface area contributed by atoms with E-state index in [9.17, 15) is 13.6 Å². The van der Waals surface area contributed by atoms with Crippen molar-refractivity contribution < 1.29 is 23.0 Å². The summed E-state index contributed by atoms with van der Waals surface area (Å²) >= 11 is 0. The predicted octanol–water partition coefficient (Wildman–Crippen LogP) is 4.50. The van der Waals surface area contributed by atoms with Gasteiger partial charge in [0.25, 0.3) is 5.91 Å². The lowest BCUT2D eigenvalue weighted by atomic mass is 9.96. The molecule has 156 valence electrons. The van der Waals surface area contributed by atoms with Crippen molar-refractivity contribution in [1.82, 2.24) is 9.97 Å². The van der Waals surface area contributed by atoms with Gasteiger partial charge in [-0.15, -0.1) is 0 Å². The van der Waals surface area contributed by atoms with Crippen LogP contribution in [0, 0.1) is 11.6 Å². The molecule has 1 unspecified atom stereocenters. The van der Waals surface area contributed by atoms with Gasteiger partial charge in [-0.25, -0.2) is 18.7 Å². The Kier molecular flexibility index (Phi) is 5.34. The van der Waals surface area contributed by atoms with Gasteiger partial charge in [-0.05, 0) is 49.6 Å². The fraction of sp³-hybridized carbons (Fsp3) is 0.318. The monoisotopic (exact) mass is 413 g/mol. The standard InChI is InChI=1S/C22H21F2N3O3/c1-22(2)12-15(6-9-29-22)30-21-18-13(5-8-26-21)10-14(11-17(18)24)27-20(28)19-16(23)4-3-7-25-19/h3-5,7-8,10-11,15H,6,9,12H2,1-2H3,(H,27,28). The summed E-state index contributed by atoms with van der Waals surface area (Å²) in [7, 11) is 0. The molecule has 0 bridgehead atoms. The van der Waals surface area contributed by atoms with E-state index >= 15 is 0 Å². The largest absolute Gasteiger partial charge is 0.474 e. The van der Waals surface area contributed by atoms with E-state index in [0.29, 0.717) is 24.8 Å². The lowest BCUT2D eigenvalue weighted by Crippen LogP contribution is -2.39. The van der Waals surface area contributed by atoms with Crippen molar-refractivity contribution in [1.29, 1.82) is 0 Å². The Morgan fingerprint density at radius 3 is 2.80 bits per heavy atom. The molecule has 8 heteroatoms. The zero-order valence-corrected chi connectivity index (χ0v) is 16.6. The third-order valence-electron chi connectivity index (χ3n) is 4.94. The van der Waals surface area contributed by atoms with Crippen molar-refractivity contribution in [2.45, 2.75) is 38.4 Å². The van der Waals surface area contributed by atoms with Gasteiger partial charge >= 0.3 is 0 Å². The number of amides is 1. The molecule has 3 heterocycles. The first kappa shape index (κ1) is 20.2.